The minimum absolute atomic E-state index is 0.0691. The highest BCUT2D eigenvalue weighted by molar-refractivity contribution is 8.18. The van der Waals surface area contributed by atoms with Crippen molar-refractivity contribution in [2.24, 2.45) is 4.99 Å². The van der Waals surface area contributed by atoms with Crippen LogP contribution in [-0.2, 0) is 9.53 Å². The van der Waals surface area contributed by atoms with Crippen molar-refractivity contribution in [2.45, 2.75) is 13.8 Å². The average molecular weight is 383 g/mol. The van der Waals surface area contributed by atoms with Crippen LogP contribution in [0.3, 0.4) is 0 Å². The molecule has 1 aliphatic rings. The molecule has 140 valence electrons. The number of benzene rings is 1. The quantitative estimate of drug-likeness (QED) is 0.602. The maximum Gasteiger partial charge on any atom is 0.339 e. The molecule has 2 heterocycles. The number of likely N-dealkylation sites (N-methyl/N-ethyl adjacent to an activating group) is 1. The van der Waals surface area contributed by atoms with Gasteiger partial charge >= 0.3 is 5.97 Å². The number of carbonyl (C=O) groups excluding carboxylic acids is 2. The monoisotopic (exact) mass is 383 g/mol. The highest BCUT2D eigenvalue weighted by Crippen LogP contribution is 2.33. The molecule has 1 aromatic heterocycles. The van der Waals surface area contributed by atoms with Gasteiger partial charge in [-0.15, -0.1) is 0 Å². The summed E-state index contributed by atoms with van der Waals surface area (Å²) >= 11 is 1.36. The molecular formula is C20H21N3O3S. The van der Waals surface area contributed by atoms with Crippen molar-refractivity contribution < 1.29 is 14.3 Å². The molecule has 0 saturated carbocycles. The van der Waals surface area contributed by atoms with Gasteiger partial charge in [-0.3, -0.25) is 14.7 Å². The number of nitrogens with zero attached hydrogens (tertiary/aromatic N) is 3. The molecule has 0 spiro atoms. The van der Waals surface area contributed by atoms with Gasteiger partial charge in [0.05, 0.1) is 23.3 Å². The van der Waals surface area contributed by atoms with E-state index < -0.39 is 0 Å². The first-order valence-corrected chi connectivity index (χ1v) is 9.21. The number of hydrogen-bond acceptors (Lipinski definition) is 5. The Morgan fingerprint density at radius 2 is 1.96 bits per heavy atom. The molecule has 0 aliphatic carbocycles. The third kappa shape index (κ3) is 3.30. The van der Waals surface area contributed by atoms with Gasteiger partial charge in [0.15, 0.2) is 5.17 Å². The number of carbonyl (C=O) groups is 2. The average Bonchev–Trinajstić information content (AvgIpc) is 3.10. The molecule has 6 nitrogen and oxygen atoms in total. The maximum atomic E-state index is 12.4. The molecule has 0 N–H and O–H groups in total. The molecule has 3 rings (SSSR count). The van der Waals surface area contributed by atoms with Crippen LogP contribution in [0, 0.1) is 13.8 Å². The van der Waals surface area contributed by atoms with Crippen LogP contribution < -0.4 is 0 Å². The van der Waals surface area contributed by atoms with Gasteiger partial charge in [-0.25, -0.2) is 4.79 Å². The number of thioether (sulfide) groups is 1. The number of hydrogen-bond donors (Lipinski definition) is 0. The Labute approximate surface area is 162 Å². The number of esters is 1. The van der Waals surface area contributed by atoms with Crippen LogP contribution in [0.25, 0.3) is 11.8 Å². The number of para-hydroxylation sites is 1. The van der Waals surface area contributed by atoms with Crippen LogP contribution in [0.1, 0.15) is 27.3 Å². The van der Waals surface area contributed by atoms with Crippen molar-refractivity contribution in [3.05, 3.63) is 57.8 Å². The molecule has 1 aliphatic heterocycles. The number of rotatable bonds is 3. The van der Waals surface area contributed by atoms with Gasteiger partial charge in [0, 0.05) is 25.5 Å². The molecule has 27 heavy (non-hydrogen) atoms. The van der Waals surface area contributed by atoms with Crippen molar-refractivity contribution >= 4 is 34.9 Å². The number of aromatic nitrogens is 1. The van der Waals surface area contributed by atoms with Crippen LogP contribution in [0.5, 0.6) is 0 Å². The van der Waals surface area contributed by atoms with Gasteiger partial charge in [0.2, 0.25) is 0 Å². The van der Waals surface area contributed by atoms with E-state index in [4.69, 9.17) is 4.74 Å². The third-order valence-electron chi connectivity index (χ3n) is 4.50. The van der Waals surface area contributed by atoms with Gasteiger partial charge in [-0.2, -0.15) is 0 Å². The zero-order valence-electron chi connectivity index (χ0n) is 15.9. The first-order chi connectivity index (χ1) is 12.9. The first kappa shape index (κ1) is 19.0. The number of ether oxygens (including phenoxy) is 1. The van der Waals surface area contributed by atoms with Gasteiger partial charge in [0.25, 0.3) is 5.91 Å². The molecule has 0 radical (unpaired) electrons. The molecule has 0 unspecified atom stereocenters. The number of aliphatic imine (C=N–C) groups is 1. The molecule has 1 saturated heterocycles. The van der Waals surface area contributed by atoms with Crippen molar-refractivity contribution in [1.82, 2.24) is 9.47 Å². The molecule has 7 heteroatoms. The molecule has 0 atom stereocenters. The Morgan fingerprint density at radius 1 is 1.26 bits per heavy atom. The van der Waals surface area contributed by atoms with Gasteiger partial charge in [-0.1, -0.05) is 12.1 Å². The molecule has 2 aromatic rings. The standard InChI is InChI=1S/C20H21N3O3S/c1-12-10-14(11-17-18(24)22(4)20(21-3)27-17)13(2)23(12)16-9-7-6-8-15(16)19(25)26-5/h6-11H,1-5H3. The molecule has 1 fully saturated rings. The van der Waals surface area contributed by atoms with Crippen molar-refractivity contribution in [1.29, 1.82) is 0 Å². The van der Waals surface area contributed by atoms with E-state index in [-0.39, 0.29) is 11.9 Å². The number of methoxy groups -OCH3 is 1. The summed E-state index contributed by atoms with van der Waals surface area (Å²) in [6.45, 7) is 3.94. The van der Waals surface area contributed by atoms with E-state index in [1.165, 1.54) is 18.9 Å². The summed E-state index contributed by atoms with van der Waals surface area (Å²) < 4.78 is 6.91. The molecule has 1 aromatic carbocycles. The van der Waals surface area contributed by atoms with Crippen LogP contribution in [0.2, 0.25) is 0 Å². The largest absolute Gasteiger partial charge is 0.465 e. The first-order valence-electron chi connectivity index (χ1n) is 8.40. The van der Waals surface area contributed by atoms with Crippen molar-refractivity contribution in [3.8, 4) is 5.69 Å². The minimum Gasteiger partial charge on any atom is -0.465 e. The van der Waals surface area contributed by atoms with E-state index in [0.717, 1.165) is 22.6 Å². The van der Waals surface area contributed by atoms with E-state index in [1.54, 1.807) is 25.1 Å². The van der Waals surface area contributed by atoms with E-state index >= 15 is 0 Å². The molecular weight excluding hydrogens is 362 g/mol. The van der Waals surface area contributed by atoms with Crippen molar-refractivity contribution in [3.63, 3.8) is 0 Å². The highest BCUT2D eigenvalue weighted by Gasteiger charge is 2.30. The Morgan fingerprint density at radius 3 is 2.59 bits per heavy atom. The number of amidine groups is 1. The Kier molecular flexibility index (Phi) is 5.23. The lowest BCUT2D eigenvalue weighted by Gasteiger charge is -2.13. The molecule has 0 bridgehead atoms. The fraction of sp³-hybridized carbons (Fsp3) is 0.250. The van der Waals surface area contributed by atoms with Crippen LogP contribution in [0.4, 0.5) is 0 Å². The summed E-state index contributed by atoms with van der Waals surface area (Å²) in [5.74, 6) is -0.453. The summed E-state index contributed by atoms with van der Waals surface area (Å²) in [4.78, 5) is 30.9. The van der Waals surface area contributed by atoms with E-state index in [0.29, 0.717) is 15.6 Å². The number of aryl methyl sites for hydroxylation is 1. The summed E-state index contributed by atoms with van der Waals surface area (Å²) in [7, 11) is 4.76. The van der Waals surface area contributed by atoms with Gasteiger partial charge < -0.3 is 9.30 Å². The predicted molar refractivity (Wildman–Crippen MR) is 108 cm³/mol. The Hall–Kier alpha value is -2.80. The zero-order valence-corrected chi connectivity index (χ0v) is 16.8. The van der Waals surface area contributed by atoms with Crippen LogP contribution >= 0.6 is 11.8 Å². The lowest BCUT2D eigenvalue weighted by molar-refractivity contribution is -0.121. The third-order valence-corrected chi connectivity index (χ3v) is 5.65. The van der Waals surface area contributed by atoms with Crippen LogP contribution in [-0.4, -0.2) is 47.7 Å². The predicted octanol–water partition coefficient (Wildman–Crippen LogP) is 3.41. The topological polar surface area (TPSA) is 63.9 Å². The number of amides is 1. The smallest absolute Gasteiger partial charge is 0.339 e. The van der Waals surface area contributed by atoms with E-state index in [1.807, 2.05) is 48.8 Å². The lowest BCUT2D eigenvalue weighted by Crippen LogP contribution is -2.23. The van der Waals surface area contributed by atoms with Crippen molar-refractivity contribution in [2.75, 3.05) is 21.2 Å². The minimum atomic E-state index is -0.384. The normalized spacial score (nSPS) is 17.2. The van der Waals surface area contributed by atoms with Crippen LogP contribution in [0.15, 0.2) is 40.2 Å². The Balaban J connectivity index is 2.09. The maximum absolute atomic E-state index is 12.4. The zero-order chi connectivity index (χ0) is 19.7. The second kappa shape index (κ2) is 7.44. The van der Waals surface area contributed by atoms with Gasteiger partial charge in [0.1, 0.15) is 0 Å². The second-order valence-corrected chi connectivity index (χ2v) is 7.16. The Bertz CT molecular complexity index is 988. The fourth-order valence-electron chi connectivity index (χ4n) is 3.15. The highest BCUT2D eigenvalue weighted by atomic mass is 32.2. The summed E-state index contributed by atoms with van der Waals surface area (Å²) in [6, 6.07) is 9.32. The fourth-order valence-corrected chi connectivity index (χ4v) is 4.06. The van der Waals surface area contributed by atoms with E-state index in [9.17, 15) is 9.59 Å². The summed E-state index contributed by atoms with van der Waals surface area (Å²) in [5, 5.41) is 0.677. The lowest BCUT2D eigenvalue weighted by atomic mass is 10.1. The second-order valence-electron chi connectivity index (χ2n) is 6.15. The summed E-state index contributed by atoms with van der Waals surface area (Å²) in [5.41, 5.74) is 4.07. The molecule has 1 amide bonds. The van der Waals surface area contributed by atoms with Gasteiger partial charge in [-0.05, 0) is 55.4 Å². The van der Waals surface area contributed by atoms with E-state index in [2.05, 4.69) is 4.99 Å². The summed E-state index contributed by atoms with van der Waals surface area (Å²) in [6.07, 6.45) is 1.88. The SMILES string of the molecule is CN=C1SC(=Cc2cc(C)n(-c3ccccc3C(=O)OC)c2C)C(=O)N1C.